The Morgan fingerprint density at radius 3 is 2.38 bits per heavy atom. The number of nitrogens with two attached hydrogens (primary N) is 1. The molecule has 0 atom stereocenters. The summed E-state index contributed by atoms with van der Waals surface area (Å²) in [6.07, 6.45) is 1.90. The van der Waals surface area contributed by atoms with Crippen LogP contribution in [-0.2, 0) is 14.8 Å². The molecule has 0 saturated carbocycles. The molecule has 88 valence electrons. The molecule has 0 aliphatic heterocycles. The van der Waals surface area contributed by atoms with Gasteiger partial charge < -0.3 is 5.73 Å². The molecule has 0 bridgehead atoms. The second-order valence-electron chi connectivity index (χ2n) is 2.97. The third-order valence-corrected chi connectivity index (χ3v) is 3.97. The Hall–Kier alpha value is -1.05. The van der Waals surface area contributed by atoms with E-state index in [0.717, 1.165) is 4.90 Å². The molecule has 0 fully saturated rings. The molecule has 0 spiro atoms. The molecule has 0 radical (unpaired) electrons. The van der Waals surface area contributed by atoms with Crippen LogP contribution in [0.4, 0.5) is 0 Å². The summed E-state index contributed by atoms with van der Waals surface area (Å²) in [5.74, 6) is -0.718. The van der Waals surface area contributed by atoms with Crippen molar-refractivity contribution in [3.63, 3.8) is 0 Å². The van der Waals surface area contributed by atoms with Crippen LogP contribution in [-0.4, -0.2) is 27.1 Å². The first-order valence-electron chi connectivity index (χ1n) is 4.38. The van der Waals surface area contributed by atoms with Crippen LogP contribution in [0.5, 0.6) is 0 Å². The van der Waals surface area contributed by atoms with Crippen molar-refractivity contribution < 1.29 is 13.2 Å². The van der Waals surface area contributed by atoms with Crippen molar-refractivity contribution in [2.24, 2.45) is 5.73 Å². The Balaban J connectivity index is 2.85. The number of primary amides is 1. The van der Waals surface area contributed by atoms with E-state index in [0.29, 0.717) is 0 Å². The average molecular weight is 260 g/mol. The van der Waals surface area contributed by atoms with Crippen LogP contribution >= 0.6 is 11.8 Å². The van der Waals surface area contributed by atoms with Crippen LogP contribution in [0.3, 0.4) is 0 Å². The van der Waals surface area contributed by atoms with Gasteiger partial charge in [0.05, 0.1) is 11.4 Å². The van der Waals surface area contributed by atoms with Crippen molar-refractivity contribution in [1.29, 1.82) is 0 Å². The average Bonchev–Trinajstić information content (AvgIpc) is 2.27. The number of hydrogen-bond acceptors (Lipinski definition) is 4. The zero-order chi connectivity index (χ0) is 12.2. The van der Waals surface area contributed by atoms with Gasteiger partial charge in [0.2, 0.25) is 15.9 Å². The number of sulfonamides is 1. The van der Waals surface area contributed by atoms with E-state index in [1.807, 2.05) is 6.26 Å². The number of thioether (sulfide) groups is 1. The molecule has 5 nitrogen and oxygen atoms in total. The zero-order valence-electron chi connectivity index (χ0n) is 8.64. The highest BCUT2D eigenvalue weighted by Gasteiger charge is 2.13. The van der Waals surface area contributed by atoms with Gasteiger partial charge in [-0.05, 0) is 30.5 Å². The lowest BCUT2D eigenvalue weighted by Crippen LogP contribution is -2.33. The predicted octanol–water partition coefficient (Wildman–Crippen LogP) is 0.172. The highest BCUT2D eigenvalue weighted by molar-refractivity contribution is 7.98. The molecule has 1 aromatic carbocycles. The number of carbonyl (C=O) groups excluding carboxylic acids is 1. The topological polar surface area (TPSA) is 89.3 Å². The highest BCUT2D eigenvalue weighted by Crippen LogP contribution is 2.17. The van der Waals surface area contributed by atoms with Gasteiger partial charge in [-0.2, -0.15) is 0 Å². The van der Waals surface area contributed by atoms with E-state index >= 15 is 0 Å². The maximum absolute atomic E-state index is 11.6. The molecule has 7 heteroatoms. The minimum absolute atomic E-state index is 0.117. The zero-order valence-corrected chi connectivity index (χ0v) is 10.3. The van der Waals surface area contributed by atoms with Crippen LogP contribution in [0.25, 0.3) is 0 Å². The van der Waals surface area contributed by atoms with Crippen LogP contribution in [0.2, 0.25) is 0 Å². The van der Waals surface area contributed by atoms with Gasteiger partial charge in [-0.15, -0.1) is 11.8 Å². The van der Waals surface area contributed by atoms with Crippen molar-refractivity contribution in [2.75, 3.05) is 12.8 Å². The molecule has 1 amide bonds. The largest absolute Gasteiger partial charge is 0.369 e. The Labute approximate surface area is 98.5 Å². The van der Waals surface area contributed by atoms with Gasteiger partial charge in [0.15, 0.2) is 0 Å². The summed E-state index contributed by atoms with van der Waals surface area (Å²) in [6.45, 7) is -0.396. The van der Waals surface area contributed by atoms with Gasteiger partial charge >= 0.3 is 0 Å². The SMILES string of the molecule is CSc1ccc(S(=O)(=O)NCC(N)=O)cc1. The summed E-state index contributed by atoms with van der Waals surface area (Å²) in [5.41, 5.74) is 4.85. The quantitative estimate of drug-likeness (QED) is 0.739. The lowest BCUT2D eigenvalue weighted by Gasteiger charge is -2.05. The Bertz CT molecular complexity index is 468. The molecular weight excluding hydrogens is 248 g/mol. The van der Waals surface area contributed by atoms with Gasteiger partial charge in [-0.3, -0.25) is 4.79 Å². The smallest absolute Gasteiger partial charge is 0.241 e. The van der Waals surface area contributed by atoms with Gasteiger partial charge in [0, 0.05) is 4.90 Å². The van der Waals surface area contributed by atoms with Crippen LogP contribution in [0.1, 0.15) is 0 Å². The van der Waals surface area contributed by atoms with Crippen LogP contribution < -0.4 is 10.5 Å². The predicted molar refractivity (Wildman–Crippen MR) is 62.6 cm³/mol. The summed E-state index contributed by atoms with van der Waals surface area (Å²) in [4.78, 5) is 11.6. The lowest BCUT2D eigenvalue weighted by molar-refractivity contribution is -0.116. The fourth-order valence-corrected chi connectivity index (χ4v) is 2.41. The molecule has 0 unspecified atom stereocenters. The Morgan fingerprint density at radius 1 is 1.38 bits per heavy atom. The summed E-state index contributed by atoms with van der Waals surface area (Å²) >= 11 is 1.52. The van der Waals surface area contributed by atoms with E-state index in [9.17, 15) is 13.2 Å². The number of hydrogen-bond donors (Lipinski definition) is 2. The standard InChI is InChI=1S/C9H12N2O3S2/c1-15-7-2-4-8(5-3-7)16(13,14)11-6-9(10)12/h2-5,11H,6H2,1H3,(H2,10,12). The summed E-state index contributed by atoms with van der Waals surface area (Å²) in [6, 6.07) is 6.36. The van der Waals surface area contributed by atoms with Crippen LogP contribution in [0.15, 0.2) is 34.1 Å². The van der Waals surface area contributed by atoms with E-state index in [1.165, 1.54) is 23.9 Å². The molecule has 1 aromatic rings. The van der Waals surface area contributed by atoms with E-state index in [1.54, 1.807) is 12.1 Å². The molecule has 1 rings (SSSR count). The van der Waals surface area contributed by atoms with Crippen molar-refractivity contribution in [2.45, 2.75) is 9.79 Å². The Morgan fingerprint density at radius 2 is 1.94 bits per heavy atom. The fraction of sp³-hybridized carbons (Fsp3) is 0.222. The van der Waals surface area contributed by atoms with Crippen LogP contribution in [0, 0.1) is 0 Å². The first-order chi connectivity index (χ1) is 7.45. The molecule has 0 aliphatic carbocycles. The fourth-order valence-electron chi connectivity index (χ4n) is 1.00. The maximum Gasteiger partial charge on any atom is 0.241 e. The lowest BCUT2D eigenvalue weighted by atomic mass is 10.4. The number of rotatable bonds is 5. The first-order valence-corrected chi connectivity index (χ1v) is 7.08. The van der Waals surface area contributed by atoms with Gasteiger partial charge in [-0.1, -0.05) is 0 Å². The third-order valence-electron chi connectivity index (χ3n) is 1.81. The van der Waals surface area contributed by atoms with E-state index in [4.69, 9.17) is 5.73 Å². The second-order valence-corrected chi connectivity index (χ2v) is 5.61. The molecule has 0 saturated heterocycles. The van der Waals surface area contributed by atoms with Gasteiger partial charge in [-0.25, -0.2) is 13.1 Å². The third kappa shape index (κ3) is 3.51. The van der Waals surface area contributed by atoms with Crippen molar-refractivity contribution >= 4 is 27.7 Å². The van der Waals surface area contributed by atoms with Gasteiger partial charge in [0.25, 0.3) is 0 Å². The van der Waals surface area contributed by atoms with Crippen molar-refractivity contribution in [3.8, 4) is 0 Å². The summed E-state index contributed by atoms with van der Waals surface area (Å²) in [5, 5.41) is 0. The molecule has 0 heterocycles. The molecular formula is C9H12N2O3S2. The summed E-state index contributed by atoms with van der Waals surface area (Å²) in [7, 11) is -3.64. The normalized spacial score (nSPS) is 11.3. The molecule has 0 aromatic heterocycles. The number of nitrogens with one attached hydrogen (secondary N) is 1. The minimum atomic E-state index is -3.64. The second kappa shape index (κ2) is 5.33. The number of benzene rings is 1. The number of carbonyl (C=O) groups is 1. The van der Waals surface area contributed by atoms with E-state index < -0.39 is 22.5 Å². The van der Waals surface area contributed by atoms with E-state index in [2.05, 4.69) is 4.72 Å². The van der Waals surface area contributed by atoms with Gasteiger partial charge in [0.1, 0.15) is 0 Å². The minimum Gasteiger partial charge on any atom is -0.369 e. The monoisotopic (exact) mass is 260 g/mol. The molecule has 16 heavy (non-hydrogen) atoms. The van der Waals surface area contributed by atoms with Crippen molar-refractivity contribution in [3.05, 3.63) is 24.3 Å². The Kier molecular flexibility index (Phi) is 4.34. The first kappa shape index (κ1) is 13.0. The summed E-state index contributed by atoms with van der Waals surface area (Å²) < 4.78 is 25.3. The molecule has 3 N–H and O–H groups in total. The maximum atomic E-state index is 11.6. The number of amides is 1. The molecule has 0 aliphatic rings. The highest BCUT2D eigenvalue weighted by atomic mass is 32.2. The van der Waals surface area contributed by atoms with E-state index in [-0.39, 0.29) is 4.90 Å². The van der Waals surface area contributed by atoms with Crippen molar-refractivity contribution in [1.82, 2.24) is 4.72 Å².